The minimum atomic E-state index is -4.47. The maximum Gasteiger partial charge on any atom is 0.416 e. The summed E-state index contributed by atoms with van der Waals surface area (Å²) in [5, 5.41) is 5.53. The smallest absolute Gasteiger partial charge is 0.416 e. The van der Waals surface area contributed by atoms with Gasteiger partial charge in [-0.15, -0.1) is 0 Å². The lowest BCUT2D eigenvalue weighted by molar-refractivity contribution is -0.137. The molecule has 2 N–H and O–H groups in total. The van der Waals surface area contributed by atoms with E-state index in [9.17, 15) is 27.6 Å². The lowest BCUT2D eigenvalue weighted by Crippen LogP contribution is -2.53. The Morgan fingerprint density at radius 2 is 1.76 bits per heavy atom. The highest BCUT2D eigenvalue weighted by Crippen LogP contribution is 2.34. The maximum absolute atomic E-state index is 13.9. The molecule has 3 amide bonds. The first-order chi connectivity index (χ1) is 19.7. The lowest BCUT2D eigenvalue weighted by atomic mass is 10.1. The third-order valence-electron chi connectivity index (χ3n) is 7.04. The standard InChI is InChI=1S/C29H29F3N4O5/c30-29(31,32)20-11-9-19(10-12-20)16-35-17-22(34-27(38)25-8-4-14-41-25)28(39)36(24-7-2-1-6-23(24)35)18-26(37)33-15-21-5-3-13-40-21/h1-2,4,6-12,14,21-22H,3,5,13,15-18H2,(H,33,37)(H,34,38). The number of carbonyl (C=O) groups is 3. The first-order valence-corrected chi connectivity index (χ1v) is 13.2. The van der Waals surface area contributed by atoms with E-state index in [0.717, 1.165) is 25.0 Å². The van der Waals surface area contributed by atoms with Crippen molar-refractivity contribution in [1.29, 1.82) is 0 Å². The number of halogens is 3. The Morgan fingerprint density at radius 3 is 2.41 bits per heavy atom. The molecule has 1 fully saturated rings. The van der Waals surface area contributed by atoms with E-state index in [0.29, 0.717) is 30.1 Å². The summed E-state index contributed by atoms with van der Waals surface area (Å²) in [6.45, 7) is 0.807. The fourth-order valence-electron chi connectivity index (χ4n) is 4.97. The van der Waals surface area contributed by atoms with Crippen LogP contribution in [0.4, 0.5) is 24.5 Å². The molecular formula is C29H29F3N4O5. The molecule has 0 bridgehead atoms. The topological polar surface area (TPSA) is 104 Å². The Balaban J connectivity index is 1.43. The van der Waals surface area contributed by atoms with Gasteiger partial charge in [-0.3, -0.25) is 19.3 Å². The summed E-state index contributed by atoms with van der Waals surface area (Å²) in [5.74, 6) is -1.51. The molecule has 41 heavy (non-hydrogen) atoms. The molecule has 2 aromatic carbocycles. The van der Waals surface area contributed by atoms with E-state index in [1.54, 1.807) is 35.2 Å². The Hall–Kier alpha value is -4.32. The third-order valence-corrected chi connectivity index (χ3v) is 7.04. The van der Waals surface area contributed by atoms with Crippen LogP contribution in [0.5, 0.6) is 0 Å². The zero-order valence-electron chi connectivity index (χ0n) is 22.0. The number of para-hydroxylation sites is 2. The van der Waals surface area contributed by atoms with Crippen LogP contribution < -0.4 is 20.4 Å². The number of hydrogen-bond donors (Lipinski definition) is 2. The molecule has 0 aliphatic carbocycles. The summed E-state index contributed by atoms with van der Waals surface area (Å²) in [6, 6.07) is 13.6. The number of anilines is 2. The number of fused-ring (bicyclic) bond motifs is 1. The summed E-state index contributed by atoms with van der Waals surface area (Å²) in [7, 11) is 0. The molecule has 216 valence electrons. The van der Waals surface area contributed by atoms with Crippen LogP contribution in [-0.4, -0.2) is 56.1 Å². The predicted octanol–water partition coefficient (Wildman–Crippen LogP) is 3.75. The minimum Gasteiger partial charge on any atom is -0.459 e. The highest BCUT2D eigenvalue weighted by molar-refractivity contribution is 6.07. The first kappa shape index (κ1) is 28.2. The van der Waals surface area contributed by atoms with Crippen LogP contribution in [0, 0.1) is 0 Å². The van der Waals surface area contributed by atoms with E-state index >= 15 is 0 Å². The van der Waals surface area contributed by atoms with Gasteiger partial charge in [-0.1, -0.05) is 24.3 Å². The van der Waals surface area contributed by atoms with Crippen molar-refractivity contribution >= 4 is 29.1 Å². The number of furan rings is 1. The number of carbonyl (C=O) groups excluding carboxylic acids is 3. The van der Waals surface area contributed by atoms with Crippen LogP contribution in [0.1, 0.15) is 34.5 Å². The molecule has 2 aliphatic heterocycles. The van der Waals surface area contributed by atoms with E-state index in [1.807, 2.05) is 0 Å². The predicted molar refractivity (Wildman–Crippen MR) is 143 cm³/mol. The molecule has 3 heterocycles. The van der Waals surface area contributed by atoms with Crippen molar-refractivity contribution in [2.45, 2.75) is 37.7 Å². The normalized spacial score (nSPS) is 19.0. The average molecular weight is 571 g/mol. The van der Waals surface area contributed by atoms with Crippen LogP contribution in [0.2, 0.25) is 0 Å². The average Bonchev–Trinajstić information content (AvgIpc) is 3.67. The van der Waals surface area contributed by atoms with Gasteiger partial charge in [-0.05, 0) is 54.8 Å². The number of benzene rings is 2. The van der Waals surface area contributed by atoms with E-state index in [-0.39, 0.29) is 31.5 Å². The van der Waals surface area contributed by atoms with Crippen molar-refractivity contribution in [3.63, 3.8) is 0 Å². The van der Waals surface area contributed by atoms with Gasteiger partial charge in [0.05, 0.1) is 29.3 Å². The second-order valence-electron chi connectivity index (χ2n) is 9.93. The number of rotatable bonds is 8. The highest BCUT2D eigenvalue weighted by atomic mass is 19.4. The molecule has 0 spiro atoms. The van der Waals surface area contributed by atoms with E-state index < -0.39 is 35.5 Å². The van der Waals surface area contributed by atoms with Crippen LogP contribution in [0.25, 0.3) is 0 Å². The zero-order valence-corrected chi connectivity index (χ0v) is 22.0. The van der Waals surface area contributed by atoms with Crippen LogP contribution in [-0.2, 0) is 27.0 Å². The molecule has 3 aromatic rings. The molecule has 1 saturated heterocycles. The molecule has 5 rings (SSSR count). The molecule has 2 unspecified atom stereocenters. The highest BCUT2D eigenvalue weighted by Gasteiger charge is 2.36. The monoisotopic (exact) mass is 570 g/mol. The molecule has 2 aliphatic rings. The van der Waals surface area contributed by atoms with E-state index in [1.165, 1.54) is 29.4 Å². The van der Waals surface area contributed by atoms with Gasteiger partial charge >= 0.3 is 6.18 Å². The number of alkyl halides is 3. The van der Waals surface area contributed by atoms with Crippen LogP contribution >= 0.6 is 0 Å². The molecule has 0 saturated carbocycles. The Labute approximate surface area is 234 Å². The van der Waals surface area contributed by atoms with Gasteiger partial charge < -0.3 is 24.7 Å². The first-order valence-electron chi connectivity index (χ1n) is 13.2. The molecule has 9 nitrogen and oxygen atoms in total. The van der Waals surface area contributed by atoms with Gasteiger partial charge in [0, 0.05) is 26.2 Å². The van der Waals surface area contributed by atoms with Gasteiger partial charge in [0.25, 0.3) is 11.8 Å². The fraction of sp³-hybridized carbons (Fsp3) is 0.345. The van der Waals surface area contributed by atoms with E-state index in [4.69, 9.17) is 9.15 Å². The molecule has 12 heteroatoms. The van der Waals surface area contributed by atoms with E-state index in [2.05, 4.69) is 10.6 Å². The minimum absolute atomic E-state index is 0.00263. The fourth-order valence-corrected chi connectivity index (χ4v) is 4.97. The Bertz CT molecular complexity index is 1370. The Morgan fingerprint density at radius 1 is 1.00 bits per heavy atom. The van der Waals surface area contributed by atoms with Gasteiger partial charge in [0.2, 0.25) is 5.91 Å². The molecule has 2 atom stereocenters. The summed E-state index contributed by atoms with van der Waals surface area (Å²) < 4.78 is 50.1. The third kappa shape index (κ3) is 6.71. The molecular weight excluding hydrogens is 541 g/mol. The van der Waals surface area contributed by atoms with Gasteiger partial charge in [0.1, 0.15) is 12.6 Å². The number of nitrogens with zero attached hydrogens (tertiary/aromatic N) is 2. The SMILES string of the molecule is O=C(CN1C(=O)C(NC(=O)c2ccco2)CN(Cc2ccc(C(F)(F)F)cc2)c2ccccc21)NCC1CCCO1. The van der Waals surface area contributed by atoms with Crippen molar-refractivity contribution in [3.05, 3.63) is 83.8 Å². The van der Waals surface area contributed by atoms with Crippen molar-refractivity contribution in [2.75, 3.05) is 36.0 Å². The maximum atomic E-state index is 13.9. The van der Waals surface area contributed by atoms with Crippen LogP contribution in [0.15, 0.2) is 71.3 Å². The second-order valence-corrected chi connectivity index (χ2v) is 9.93. The number of ether oxygens (including phenoxy) is 1. The summed E-state index contributed by atoms with van der Waals surface area (Å²) in [4.78, 5) is 42.9. The van der Waals surface area contributed by atoms with Crippen molar-refractivity contribution in [1.82, 2.24) is 10.6 Å². The van der Waals surface area contributed by atoms with Crippen molar-refractivity contribution in [3.8, 4) is 0 Å². The molecule has 0 radical (unpaired) electrons. The van der Waals surface area contributed by atoms with Gasteiger partial charge in [-0.25, -0.2) is 0 Å². The van der Waals surface area contributed by atoms with Crippen molar-refractivity contribution < 1.29 is 36.7 Å². The largest absolute Gasteiger partial charge is 0.459 e. The Kier molecular flexibility index (Phi) is 8.29. The summed E-state index contributed by atoms with van der Waals surface area (Å²) in [6.07, 6.45) is -1.45. The van der Waals surface area contributed by atoms with Gasteiger partial charge in [0.15, 0.2) is 5.76 Å². The number of nitrogens with one attached hydrogen (secondary N) is 2. The molecule has 1 aromatic heterocycles. The number of amides is 3. The lowest BCUT2D eigenvalue weighted by Gasteiger charge is -2.27. The van der Waals surface area contributed by atoms with Crippen LogP contribution in [0.3, 0.4) is 0 Å². The summed E-state index contributed by atoms with van der Waals surface area (Å²) in [5.41, 5.74) is 0.824. The summed E-state index contributed by atoms with van der Waals surface area (Å²) >= 11 is 0. The number of hydrogen-bond acceptors (Lipinski definition) is 6. The van der Waals surface area contributed by atoms with Gasteiger partial charge in [-0.2, -0.15) is 13.2 Å². The second kappa shape index (κ2) is 12.0. The zero-order chi connectivity index (χ0) is 29.0. The van der Waals surface area contributed by atoms with Crippen molar-refractivity contribution in [2.24, 2.45) is 0 Å². The quantitative estimate of drug-likeness (QED) is 0.428.